The van der Waals surface area contributed by atoms with E-state index < -0.39 is 0 Å². The average molecular weight is 356 g/mol. The summed E-state index contributed by atoms with van der Waals surface area (Å²) in [5.41, 5.74) is 2.58. The van der Waals surface area contributed by atoms with Crippen LogP contribution >= 0.6 is 34.7 Å². The van der Waals surface area contributed by atoms with Crippen molar-refractivity contribution >= 4 is 56.2 Å². The number of hydrogen-bond donors (Lipinski definition) is 0. The molecular formula is C17H10ClN3S2. The van der Waals surface area contributed by atoms with Gasteiger partial charge in [-0.25, -0.2) is 4.98 Å². The van der Waals surface area contributed by atoms with Crippen LogP contribution in [0, 0.1) is 11.3 Å². The highest BCUT2D eigenvalue weighted by molar-refractivity contribution is 8.04. The Morgan fingerprint density at radius 1 is 1.26 bits per heavy atom. The number of para-hydroxylation sites is 1. The van der Waals surface area contributed by atoms with E-state index >= 15 is 0 Å². The van der Waals surface area contributed by atoms with Gasteiger partial charge in [0.1, 0.15) is 21.7 Å². The topological polar surface area (TPSA) is 39.9 Å². The highest BCUT2D eigenvalue weighted by atomic mass is 35.5. The highest BCUT2D eigenvalue weighted by Crippen LogP contribution is 2.49. The number of thioether (sulfide) groups is 1. The number of halogens is 1. The minimum atomic E-state index is 0.603. The zero-order valence-corrected chi connectivity index (χ0v) is 14.5. The van der Waals surface area contributed by atoms with Crippen molar-refractivity contribution < 1.29 is 0 Å². The van der Waals surface area contributed by atoms with E-state index in [9.17, 15) is 5.26 Å². The van der Waals surface area contributed by atoms with Gasteiger partial charge >= 0.3 is 0 Å². The lowest BCUT2D eigenvalue weighted by Gasteiger charge is -2.14. The molecule has 0 bridgehead atoms. The van der Waals surface area contributed by atoms with Gasteiger partial charge in [0.15, 0.2) is 0 Å². The van der Waals surface area contributed by atoms with Crippen LogP contribution in [-0.4, -0.2) is 12.0 Å². The van der Waals surface area contributed by atoms with Gasteiger partial charge in [-0.3, -0.25) is 0 Å². The average Bonchev–Trinajstić information content (AvgIpc) is 3.10. The van der Waals surface area contributed by atoms with Crippen LogP contribution in [0.2, 0.25) is 5.02 Å². The van der Waals surface area contributed by atoms with Gasteiger partial charge in [-0.1, -0.05) is 35.5 Å². The standard InChI is InChI=1S/C17H10ClN3S2/c1-21-13-7-6-10(18)8-15(13)23-17(21)11(9-19)16-20-12-4-2-3-5-14(12)22-16/h2-8H,1H3/b17-11-. The fraction of sp³-hybridized carbons (Fsp3) is 0.0588. The smallest absolute Gasteiger partial charge is 0.137 e. The van der Waals surface area contributed by atoms with Crippen molar-refractivity contribution in [2.45, 2.75) is 4.90 Å². The van der Waals surface area contributed by atoms with Gasteiger partial charge in [-0.05, 0) is 30.3 Å². The highest BCUT2D eigenvalue weighted by Gasteiger charge is 2.27. The molecule has 112 valence electrons. The minimum absolute atomic E-state index is 0.603. The number of hydrogen-bond acceptors (Lipinski definition) is 5. The van der Waals surface area contributed by atoms with Crippen molar-refractivity contribution in [2.75, 3.05) is 11.9 Å². The molecule has 1 aromatic heterocycles. The second kappa shape index (κ2) is 5.57. The molecule has 0 unspecified atom stereocenters. The first-order chi connectivity index (χ1) is 11.2. The Labute approximate surface area is 146 Å². The van der Waals surface area contributed by atoms with Crippen molar-refractivity contribution in [1.29, 1.82) is 5.26 Å². The quantitative estimate of drug-likeness (QED) is 0.549. The number of thiazole rings is 1. The third-order valence-electron chi connectivity index (χ3n) is 3.63. The maximum absolute atomic E-state index is 9.71. The van der Waals surface area contributed by atoms with Crippen LogP contribution in [0.5, 0.6) is 0 Å². The van der Waals surface area contributed by atoms with Gasteiger partial charge in [-0.15, -0.1) is 11.3 Å². The third-order valence-corrected chi connectivity index (χ3v) is 6.14. The van der Waals surface area contributed by atoms with Crippen LogP contribution in [0.1, 0.15) is 5.01 Å². The third kappa shape index (κ3) is 2.40. The lowest BCUT2D eigenvalue weighted by atomic mass is 10.2. The van der Waals surface area contributed by atoms with Crippen molar-refractivity contribution in [3.63, 3.8) is 0 Å². The number of anilines is 1. The van der Waals surface area contributed by atoms with Crippen molar-refractivity contribution in [3.05, 3.63) is 57.5 Å². The zero-order chi connectivity index (χ0) is 16.0. The van der Waals surface area contributed by atoms with Crippen molar-refractivity contribution in [1.82, 2.24) is 4.98 Å². The summed E-state index contributed by atoms with van der Waals surface area (Å²) >= 11 is 9.18. The van der Waals surface area contributed by atoms with Gasteiger partial charge in [0, 0.05) is 17.0 Å². The second-order valence-electron chi connectivity index (χ2n) is 5.05. The van der Waals surface area contributed by atoms with E-state index in [1.54, 1.807) is 23.1 Å². The monoisotopic (exact) mass is 355 g/mol. The Morgan fingerprint density at radius 3 is 2.87 bits per heavy atom. The first-order valence-corrected chi connectivity index (χ1v) is 8.90. The van der Waals surface area contributed by atoms with Crippen LogP contribution in [0.25, 0.3) is 15.8 Å². The van der Waals surface area contributed by atoms with Gasteiger partial charge in [0.25, 0.3) is 0 Å². The van der Waals surface area contributed by atoms with Gasteiger partial charge in [-0.2, -0.15) is 5.26 Å². The molecule has 1 aliphatic rings. The molecule has 2 aromatic carbocycles. The summed E-state index contributed by atoms with van der Waals surface area (Å²) in [4.78, 5) is 7.70. The van der Waals surface area contributed by atoms with Crippen LogP contribution in [0.4, 0.5) is 5.69 Å². The molecule has 0 radical (unpaired) electrons. The Kier molecular flexibility index (Phi) is 3.53. The van der Waals surface area contributed by atoms with Crippen molar-refractivity contribution in [3.8, 4) is 6.07 Å². The van der Waals surface area contributed by atoms with Crippen LogP contribution in [0.15, 0.2) is 52.4 Å². The molecule has 0 spiro atoms. The second-order valence-corrected chi connectivity index (χ2v) is 7.55. The molecule has 2 heterocycles. The first-order valence-electron chi connectivity index (χ1n) is 6.89. The Hall–Kier alpha value is -2.00. The number of nitrogens with zero attached hydrogens (tertiary/aromatic N) is 3. The number of benzene rings is 2. The zero-order valence-electron chi connectivity index (χ0n) is 12.1. The predicted octanol–water partition coefficient (Wildman–Crippen LogP) is 5.38. The van der Waals surface area contributed by atoms with E-state index in [1.807, 2.05) is 54.4 Å². The molecule has 3 aromatic rings. The molecule has 0 saturated heterocycles. The first kappa shape index (κ1) is 14.6. The number of aromatic nitrogens is 1. The maximum Gasteiger partial charge on any atom is 0.137 e. The predicted molar refractivity (Wildman–Crippen MR) is 97.9 cm³/mol. The molecular weight excluding hydrogens is 346 g/mol. The molecule has 3 nitrogen and oxygen atoms in total. The molecule has 0 aliphatic carbocycles. The number of rotatable bonds is 1. The van der Waals surface area contributed by atoms with Crippen LogP contribution in [-0.2, 0) is 0 Å². The summed E-state index contributed by atoms with van der Waals surface area (Å²) in [6.07, 6.45) is 0. The summed E-state index contributed by atoms with van der Waals surface area (Å²) in [7, 11) is 1.97. The summed E-state index contributed by atoms with van der Waals surface area (Å²) in [5, 5.41) is 12.1. The van der Waals surface area contributed by atoms with E-state index in [1.165, 1.54) is 0 Å². The summed E-state index contributed by atoms with van der Waals surface area (Å²) < 4.78 is 1.09. The summed E-state index contributed by atoms with van der Waals surface area (Å²) in [5.74, 6) is 0. The van der Waals surface area contributed by atoms with E-state index in [0.29, 0.717) is 10.6 Å². The summed E-state index contributed by atoms with van der Waals surface area (Å²) in [6.45, 7) is 0. The Balaban J connectivity index is 1.86. The normalized spacial score (nSPS) is 15.6. The molecule has 0 saturated carbocycles. The lowest BCUT2D eigenvalue weighted by molar-refractivity contribution is 1.18. The van der Waals surface area contributed by atoms with Gasteiger partial charge < -0.3 is 4.90 Å². The number of nitriles is 1. The fourth-order valence-corrected chi connectivity index (χ4v) is 4.96. The molecule has 0 amide bonds. The van der Waals surface area contributed by atoms with Crippen LogP contribution < -0.4 is 4.90 Å². The van der Waals surface area contributed by atoms with Crippen LogP contribution in [0.3, 0.4) is 0 Å². The lowest BCUT2D eigenvalue weighted by Crippen LogP contribution is -2.11. The largest absolute Gasteiger partial charge is 0.337 e. The molecule has 0 atom stereocenters. The molecule has 1 aliphatic heterocycles. The number of allylic oxidation sites excluding steroid dienone is 1. The molecule has 23 heavy (non-hydrogen) atoms. The van der Waals surface area contributed by atoms with E-state index in [4.69, 9.17) is 11.6 Å². The molecule has 6 heteroatoms. The Bertz CT molecular complexity index is 967. The van der Waals surface area contributed by atoms with E-state index in [0.717, 1.165) is 30.8 Å². The van der Waals surface area contributed by atoms with Gasteiger partial charge in [0.05, 0.1) is 15.9 Å². The Morgan fingerprint density at radius 2 is 2.09 bits per heavy atom. The number of fused-ring (bicyclic) bond motifs is 2. The SMILES string of the molecule is CN1/C(=C(\C#N)c2nc3ccccc3s2)Sc2cc(Cl)ccc21. The summed E-state index contributed by atoms with van der Waals surface area (Å²) in [6, 6.07) is 16.0. The minimum Gasteiger partial charge on any atom is -0.337 e. The molecule has 0 N–H and O–H groups in total. The molecule has 0 fully saturated rings. The molecule has 4 rings (SSSR count). The fourth-order valence-electron chi connectivity index (χ4n) is 2.51. The maximum atomic E-state index is 9.71. The van der Waals surface area contributed by atoms with Gasteiger partial charge in [0.2, 0.25) is 0 Å². The van der Waals surface area contributed by atoms with E-state index in [-0.39, 0.29) is 0 Å². The van der Waals surface area contributed by atoms with E-state index in [2.05, 4.69) is 11.1 Å². The van der Waals surface area contributed by atoms with Crippen molar-refractivity contribution in [2.24, 2.45) is 0 Å².